The number of carbonyl (C=O) groups is 1. The fourth-order valence-electron chi connectivity index (χ4n) is 2.95. The Balaban J connectivity index is 1.80. The van der Waals surface area contributed by atoms with Crippen molar-refractivity contribution in [2.75, 3.05) is 19.5 Å². The van der Waals surface area contributed by atoms with Crippen molar-refractivity contribution in [3.63, 3.8) is 0 Å². The fourth-order valence-corrected chi connectivity index (χ4v) is 3.94. The van der Waals surface area contributed by atoms with Crippen LogP contribution in [-0.2, 0) is 4.79 Å². The Morgan fingerprint density at radius 2 is 1.83 bits per heavy atom. The molecule has 30 heavy (non-hydrogen) atoms. The number of amides is 1. The first kappa shape index (κ1) is 21.6. The summed E-state index contributed by atoms with van der Waals surface area (Å²) in [6.45, 7) is 3.84. The van der Waals surface area contributed by atoms with Crippen molar-refractivity contribution in [2.45, 2.75) is 30.5 Å². The number of nitrogens with zero attached hydrogens (tertiary/aromatic N) is 2. The van der Waals surface area contributed by atoms with Gasteiger partial charge in [-0.2, -0.15) is 0 Å². The molecule has 1 heterocycles. The Labute approximate surface area is 181 Å². The zero-order chi connectivity index (χ0) is 21.5. The Hall–Kier alpha value is -3.06. The van der Waals surface area contributed by atoms with Gasteiger partial charge in [0.1, 0.15) is 22.3 Å². The van der Waals surface area contributed by atoms with Crippen LogP contribution in [0.5, 0.6) is 11.5 Å². The lowest BCUT2D eigenvalue weighted by atomic mass is 10.1. The van der Waals surface area contributed by atoms with E-state index in [0.29, 0.717) is 29.4 Å². The molecule has 1 aromatic heterocycles. The van der Waals surface area contributed by atoms with E-state index in [1.54, 1.807) is 32.4 Å². The number of thioether (sulfide) groups is 1. The normalized spacial score (nSPS) is 11.6. The Bertz CT molecular complexity index is 1010. The van der Waals surface area contributed by atoms with Crippen molar-refractivity contribution in [1.29, 1.82) is 0 Å². The van der Waals surface area contributed by atoms with Crippen molar-refractivity contribution in [2.24, 2.45) is 0 Å². The van der Waals surface area contributed by atoms with Crippen LogP contribution in [0.4, 0.5) is 5.69 Å². The van der Waals surface area contributed by atoms with Gasteiger partial charge in [0, 0.05) is 11.6 Å². The minimum absolute atomic E-state index is 0.119. The number of benzene rings is 2. The predicted octanol–water partition coefficient (Wildman–Crippen LogP) is 4.98. The van der Waals surface area contributed by atoms with Crippen LogP contribution in [0.1, 0.15) is 19.2 Å². The van der Waals surface area contributed by atoms with Crippen LogP contribution in [0.25, 0.3) is 11.3 Å². The number of nitrogens with one attached hydrogen (secondary N) is 1. The van der Waals surface area contributed by atoms with Gasteiger partial charge in [-0.3, -0.25) is 4.79 Å². The third-order valence-corrected chi connectivity index (χ3v) is 5.76. The Morgan fingerprint density at radius 1 is 1.07 bits per heavy atom. The quantitative estimate of drug-likeness (QED) is 0.407. The second-order valence-corrected chi connectivity index (χ2v) is 7.80. The molecule has 1 N–H and O–H groups in total. The predicted molar refractivity (Wildman–Crippen MR) is 120 cm³/mol. The van der Waals surface area contributed by atoms with Gasteiger partial charge in [0.15, 0.2) is 0 Å². The van der Waals surface area contributed by atoms with E-state index in [2.05, 4.69) is 15.3 Å². The van der Waals surface area contributed by atoms with Crippen LogP contribution in [0.3, 0.4) is 0 Å². The molecule has 0 aliphatic heterocycles. The minimum atomic E-state index is -0.321. The molecule has 0 spiro atoms. The van der Waals surface area contributed by atoms with Crippen LogP contribution in [-0.4, -0.2) is 35.3 Å². The number of rotatable bonds is 8. The summed E-state index contributed by atoms with van der Waals surface area (Å²) in [6, 6.07) is 17.2. The first-order valence-electron chi connectivity index (χ1n) is 9.64. The van der Waals surface area contributed by atoms with Crippen molar-refractivity contribution < 1.29 is 14.3 Å². The lowest BCUT2D eigenvalue weighted by molar-refractivity contribution is -0.115. The molecule has 0 aliphatic rings. The van der Waals surface area contributed by atoms with Gasteiger partial charge in [-0.25, -0.2) is 9.97 Å². The molecular weight excluding hydrogens is 398 g/mol. The van der Waals surface area contributed by atoms with Crippen LogP contribution < -0.4 is 14.8 Å². The fraction of sp³-hybridized carbons (Fsp3) is 0.261. The summed E-state index contributed by atoms with van der Waals surface area (Å²) >= 11 is 1.43. The van der Waals surface area contributed by atoms with Gasteiger partial charge in [0.25, 0.3) is 0 Å². The summed E-state index contributed by atoms with van der Waals surface area (Å²) in [4.78, 5) is 22.0. The van der Waals surface area contributed by atoms with E-state index >= 15 is 0 Å². The largest absolute Gasteiger partial charge is 0.497 e. The summed E-state index contributed by atoms with van der Waals surface area (Å²) in [7, 11) is 3.15. The molecule has 1 unspecified atom stereocenters. The summed E-state index contributed by atoms with van der Waals surface area (Å²) in [6.07, 6.45) is 0.645. The van der Waals surface area contributed by atoms with Crippen molar-refractivity contribution in [3.05, 3.63) is 60.4 Å². The first-order valence-corrected chi connectivity index (χ1v) is 10.5. The molecule has 0 aliphatic carbocycles. The molecule has 1 atom stereocenters. The highest BCUT2D eigenvalue weighted by atomic mass is 32.2. The molecule has 1 amide bonds. The third-order valence-electron chi connectivity index (χ3n) is 4.47. The van der Waals surface area contributed by atoms with Crippen molar-refractivity contribution >= 4 is 23.4 Å². The second kappa shape index (κ2) is 10.1. The molecule has 3 rings (SSSR count). The number of hydrogen-bond donors (Lipinski definition) is 1. The summed E-state index contributed by atoms with van der Waals surface area (Å²) in [5.74, 6) is 1.77. The smallest absolute Gasteiger partial charge is 0.238 e. The van der Waals surface area contributed by atoms with Gasteiger partial charge >= 0.3 is 0 Å². The number of methoxy groups -OCH3 is 2. The Kier molecular flexibility index (Phi) is 7.30. The minimum Gasteiger partial charge on any atom is -0.497 e. The van der Waals surface area contributed by atoms with E-state index in [0.717, 1.165) is 16.3 Å². The zero-order valence-electron chi connectivity index (χ0n) is 17.5. The number of anilines is 1. The summed E-state index contributed by atoms with van der Waals surface area (Å²) in [5, 5.41) is 3.40. The van der Waals surface area contributed by atoms with Gasteiger partial charge < -0.3 is 14.8 Å². The number of aryl methyl sites for hydroxylation is 1. The first-order chi connectivity index (χ1) is 14.5. The highest BCUT2D eigenvalue weighted by molar-refractivity contribution is 8.00. The number of aromatic nitrogens is 2. The molecule has 3 aromatic rings. The van der Waals surface area contributed by atoms with Crippen LogP contribution >= 0.6 is 11.8 Å². The molecule has 7 heteroatoms. The topological polar surface area (TPSA) is 73.3 Å². The van der Waals surface area contributed by atoms with E-state index in [9.17, 15) is 4.79 Å². The van der Waals surface area contributed by atoms with E-state index in [1.165, 1.54) is 11.8 Å². The lowest BCUT2D eigenvalue weighted by Gasteiger charge is -2.17. The molecule has 156 valence electrons. The molecule has 6 nitrogen and oxygen atoms in total. The van der Waals surface area contributed by atoms with E-state index < -0.39 is 0 Å². The number of carbonyl (C=O) groups excluding carboxylic acids is 1. The van der Waals surface area contributed by atoms with E-state index in [1.807, 2.05) is 50.2 Å². The van der Waals surface area contributed by atoms with Crippen LogP contribution in [0, 0.1) is 6.92 Å². The molecule has 0 saturated heterocycles. The highest BCUT2D eigenvalue weighted by Crippen LogP contribution is 2.32. The van der Waals surface area contributed by atoms with Crippen molar-refractivity contribution in [3.8, 4) is 22.8 Å². The SMILES string of the molecule is CCC(Sc1cc(-c2ccccc2)nc(C)n1)C(=O)Nc1cc(OC)ccc1OC. The zero-order valence-corrected chi connectivity index (χ0v) is 18.3. The standard InChI is InChI=1S/C23H25N3O3S/c1-5-21(23(27)26-19-13-17(28-3)11-12-20(19)29-4)30-22-14-18(24-15(2)25-22)16-9-7-6-8-10-16/h6-14,21H,5H2,1-4H3,(H,26,27). The molecule has 2 aromatic carbocycles. The monoisotopic (exact) mass is 423 g/mol. The van der Waals surface area contributed by atoms with E-state index in [4.69, 9.17) is 9.47 Å². The average molecular weight is 424 g/mol. The average Bonchev–Trinajstić information content (AvgIpc) is 2.77. The van der Waals surface area contributed by atoms with E-state index in [-0.39, 0.29) is 11.2 Å². The van der Waals surface area contributed by atoms with Gasteiger partial charge in [-0.1, -0.05) is 49.0 Å². The highest BCUT2D eigenvalue weighted by Gasteiger charge is 2.21. The van der Waals surface area contributed by atoms with Crippen LogP contribution in [0.15, 0.2) is 59.6 Å². The molecule has 0 radical (unpaired) electrons. The van der Waals surface area contributed by atoms with Crippen LogP contribution in [0.2, 0.25) is 0 Å². The molecular formula is C23H25N3O3S. The van der Waals surface area contributed by atoms with Gasteiger partial charge in [-0.15, -0.1) is 0 Å². The maximum Gasteiger partial charge on any atom is 0.238 e. The second-order valence-electron chi connectivity index (χ2n) is 6.57. The molecule has 0 fully saturated rings. The number of ether oxygens (including phenoxy) is 2. The van der Waals surface area contributed by atoms with Gasteiger partial charge in [-0.05, 0) is 31.5 Å². The maximum atomic E-state index is 13.0. The summed E-state index contributed by atoms with van der Waals surface area (Å²) < 4.78 is 10.6. The third kappa shape index (κ3) is 5.30. The van der Waals surface area contributed by atoms with Gasteiger partial charge in [0.05, 0.1) is 30.9 Å². The lowest BCUT2D eigenvalue weighted by Crippen LogP contribution is -2.25. The number of hydrogen-bond acceptors (Lipinski definition) is 6. The summed E-state index contributed by atoms with van der Waals surface area (Å²) in [5.41, 5.74) is 2.43. The molecule has 0 saturated carbocycles. The molecule has 0 bridgehead atoms. The Morgan fingerprint density at radius 3 is 2.50 bits per heavy atom. The maximum absolute atomic E-state index is 13.0. The van der Waals surface area contributed by atoms with Crippen molar-refractivity contribution in [1.82, 2.24) is 9.97 Å². The van der Waals surface area contributed by atoms with Gasteiger partial charge in [0.2, 0.25) is 5.91 Å².